The summed E-state index contributed by atoms with van der Waals surface area (Å²) in [6.07, 6.45) is -0.194. The Balaban J connectivity index is 1.52. The Bertz CT molecular complexity index is 1110. The Kier molecular flexibility index (Phi) is 5.44. The standard InChI is InChI=1S/C25H21NO4/c1-17(24(28)26-16-15-18-9-5-8-14-22(18)26)30-25(29)21-13-7-6-12-20(21)23(27)19-10-3-2-4-11-19/h2-14,17H,15-16H2,1H3. The molecule has 3 aromatic carbocycles. The fourth-order valence-corrected chi connectivity index (χ4v) is 3.67. The van der Waals surface area contributed by atoms with Crippen LogP contribution in [-0.4, -0.2) is 30.3 Å². The fourth-order valence-electron chi connectivity index (χ4n) is 3.67. The molecule has 0 saturated heterocycles. The number of para-hydroxylation sites is 1. The predicted molar refractivity (Wildman–Crippen MR) is 114 cm³/mol. The van der Waals surface area contributed by atoms with Gasteiger partial charge in [0, 0.05) is 23.4 Å². The van der Waals surface area contributed by atoms with Gasteiger partial charge in [-0.05, 0) is 31.0 Å². The van der Waals surface area contributed by atoms with Gasteiger partial charge in [0.2, 0.25) is 0 Å². The normalized spacial score (nSPS) is 13.4. The molecule has 0 spiro atoms. The molecule has 1 atom stereocenters. The van der Waals surface area contributed by atoms with Gasteiger partial charge < -0.3 is 9.64 Å². The number of rotatable bonds is 5. The number of hydrogen-bond acceptors (Lipinski definition) is 4. The maximum Gasteiger partial charge on any atom is 0.339 e. The first kappa shape index (κ1) is 19.6. The van der Waals surface area contributed by atoms with Crippen LogP contribution in [0.3, 0.4) is 0 Å². The van der Waals surface area contributed by atoms with Gasteiger partial charge in [-0.15, -0.1) is 0 Å². The van der Waals surface area contributed by atoms with E-state index in [2.05, 4.69) is 0 Å². The van der Waals surface area contributed by atoms with Gasteiger partial charge in [-0.1, -0.05) is 66.7 Å². The number of anilines is 1. The van der Waals surface area contributed by atoms with Crippen molar-refractivity contribution in [1.82, 2.24) is 0 Å². The zero-order chi connectivity index (χ0) is 21.1. The van der Waals surface area contributed by atoms with Crippen molar-refractivity contribution in [3.8, 4) is 0 Å². The van der Waals surface area contributed by atoms with Crippen molar-refractivity contribution in [2.75, 3.05) is 11.4 Å². The van der Waals surface area contributed by atoms with E-state index in [1.165, 1.54) is 0 Å². The summed E-state index contributed by atoms with van der Waals surface area (Å²) in [7, 11) is 0. The summed E-state index contributed by atoms with van der Waals surface area (Å²) in [5.74, 6) is -1.24. The van der Waals surface area contributed by atoms with E-state index in [4.69, 9.17) is 4.74 Å². The zero-order valence-corrected chi connectivity index (χ0v) is 16.6. The van der Waals surface area contributed by atoms with E-state index in [0.717, 1.165) is 17.7 Å². The van der Waals surface area contributed by atoms with Crippen LogP contribution >= 0.6 is 0 Å². The van der Waals surface area contributed by atoms with Crippen molar-refractivity contribution < 1.29 is 19.1 Å². The molecular weight excluding hydrogens is 378 g/mol. The van der Waals surface area contributed by atoms with E-state index in [1.807, 2.05) is 30.3 Å². The summed E-state index contributed by atoms with van der Waals surface area (Å²) in [5.41, 5.74) is 2.83. The monoisotopic (exact) mass is 399 g/mol. The molecule has 0 N–H and O–H groups in total. The third-order valence-corrected chi connectivity index (χ3v) is 5.21. The van der Waals surface area contributed by atoms with E-state index in [1.54, 1.807) is 60.4 Å². The molecule has 4 rings (SSSR count). The van der Waals surface area contributed by atoms with E-state index >= 15 is 0 Å². The first-order valence-electron chi connectivity index (χ1n) is 9.85. The number of carbonyl (C=O) groups is 3. The summed E-state index contributed by atoms with van der Waals surface area (Å²) >= 11 is 0. The number of carbonyl (C=O) groups excluding carboxylic acids is 3. The van der Waals surface area contributed by atoms with E-state index < -0.39 is 12.1 Å². The molecule has 5 heteroatoms. The molecule has 1 aliphatic rings. The molecule has 0 aliphatic carbocycles. The van der Waals surface area contributed by atoms with Crippen LogP contribution in [0.2, 0.25) is 0 Å². The van der Waals surface area contributed by atoms with Crippen molar-refractivity contribution in [3.05, 3.63) is 101 Å². The lowest BCUT2D eigenvalue weighted by molar-refractivity contribution is -0.126. The van der Waals surface area contributed by atoms with Crippen LogP contribution in [0.1, 0.15) is 38.8 Å². The van der Waals surface area contributed by atoms with Crippen molar-refractivity contribution in [1.29, 1.82) is 0 Å². The third-order valence-electron chi connectivity index (χ3n) is 5.21. The van der Waals surface area contributed by atoms with E-state index in [0.29, 0.717) is 12.1 Å². The summed E-state index contributed by atoms with van der Waals surface area (Å²) in [6, 6.07) is 23.0. The highest BCUT2D eigenvalue weighted by Gasteiger charge is 2.30. The van der Waals surface area contributed by atoms with Gasteiger partial charge in [0.25, 0.3) is 5.91 Å². The second-order valence-corrected chi connectivity index (χ2v) is 7.16. The lowest BCUT2D eigenvalue weighted by Crippen LogP contribution is -2.39. The van der Waals surface area contributed by atoms with Gasteiger partial charge in [0.05, 0.1) is 5.56 Å². The molecule has 1 heterocycles. The first-order chi connectivity index (χ1) is 14.6. The molecule has 0 saturated carbocycles. The molecule has 1 unspecified atom stereocenters. The fraction of sp³-hybridized carbons (Fsp3) is 0.160. The van der Waals surface area contributed by atoms with Crippen LogP contribution in [0.5, 0.6) is 0 Å². The van der Waals surface area contributed by atoms with E-state index in [9.17, 15) is 14.4 Å². The number of fused-ring (bicyclic) bond motifs is 1. The number of ketones is 1. The molecule has 30 heavy (non-hydrogen) atoms. The van der Waals surface area contributed by atoms with Crippen LogP contribution < -0.4 is 4.90 Å². The topological polar surface area (TPSA) is 63.7 Å². The quantitative estimate of drug-likeness (QED) is 0.480. The number of amides is 1. The molecule has 0 radical (unpaired) electrons. The Morgan fingerprint density at radius 1 is 0.833 bits per heavy atom. The smallest absolute Gasteiger partial charge is 0.339 e. The summed E-state index contributed by atoms with van der Waals surface area (Å²) in [5, 5.41) is 0. The third kappa shape index (κ3) is 3.74. The maximum absolute atomic E-state index is 12.9. The molecule has 3 aromatic rings. The van der Waals surface area contributed by atoms with Crippen LogP contribution in [0.25, 0.3) is 0 Å². The average Bonchev–Trinajstić information content (AvgIpc) is 3.22. The van der Waals surface area contributed by atoms with Gasteiger partial charge in [0.15, 0.2) is 11.9 Å². The molecular formula is C25H21NO4. The highest BCUT2D eigenvalue weighted by Crippen LogP contribution is 2.28. The van der Waals surface area contributed by atoms with Gasteiger partial charge >= 0.3 is 5.97 Å². The van der Waals surface area contributed by atoms with Gasteiger partial charge in [-0.25, -0.2) is 4.79 Å². The Morgan fingerprint density at radius 3 is 2.23 bits per heavy atom. The summed E-state index contributed by atoms with van der Waals surface area (Å²) in [4.78, 5) is 40.2. The Hall–Kier alpha value is -3.73. The maximum atomic E-state index is 12.9. The molecule has 1 aliphatic heterocycles. The Labute approximate surface area is 174 Å². The van der Waals surface area contributed by atoms with Gasteiger partial charge in [-0.2, -0.15) is 0 Å². The molecule has 0 bridgehead atoms. The number of nitrogens with zero attached hydrogens (tertiary/aromatic N) is 1. The van der Waals surface area contributed by atoms with E-state index in [-0.39, 0.29) is 22.8 Å². The minimum atomic E-state index is -0.969. The van der Waals surface area contributed by atoms with Crippen molar-refractivity contribution in [3.63, 3.8) is 0 Å². The van der Waals surface area contributed by atoms with Crippen LogP contribution in [0.4, 0.5) is 5.69 Å². The van der Waals surface area contributed by atoms with Crippen molar-refractivity contribution in [2.24, 2.45) is 0 Å². The van der Waals surface area contributed by atoms with Crippen LogP contribution in [0, 0.1) is 0 Å². The second kappa shape index (κ2) is 8.33. The minimum Gasteiger partial charge on any atom is -0.449 e. The zero-order valence-electron chi connectivity index (χ0n) is 16.6. The number of ether oxygens (including phenoxy) is 1. The minimum absolute atomic E-state index is 0.146. The summed E-state index contributed by atoms with van der Waals surface area (Å²) < 4.78 is 5.47. The Morgan fingerprint density at radius 2 is 1.47 bits per heavy atom. The van der Waals surface area contributed by atoms with Crippen molar-refractivity contribution >= 4 is 23.3 Å². The SMILES string of the molecule is CC(OC(=O)c1ccccc1C(=O)c1ccccc1)C(=O)N1CCc2ccccc21. The lowest BCUT2D eigenvalue weighted by atomic mass is 9.98. The molecule has 1 amide bonds. The molecule has 0 aromatic heterocycles. The number of esters is 1. The predicted octanol–water partition coefficient (Wildman–Crippen LogP) is 4.05. The average molecular weight is 399 g/mol. The lowest BCUT2D eigenvalue weighted by Gasteiger charge is -2.22. The molecule has 0 fully saturated rings. The van der Waals surface area contributed by atoms with Crippen molar-refractivity contribution in [2.45, 2.75) is 19.4 Å². The highest BCUT2D eigenvalue weighted by molar-refractivity contribution is 6.14. The van der Waals surface area contributed by atoms with Gasteiger partial charge in [-0.3, -0.25) is 9.59 Å². The first-order valence-corrected chi connectivity index (χ1v) is 9.85. The molecule has 5 nitrogen and oxygen atoms in total. The molecule has 150 valence electrons. The van der Waals surface area contributed by atoms with Crippen LogP contribution in [-0.2, 0) is 16.0 Å². The number of hydrogen-bond donors (Lipinski definition) is 0. The second-order valence-electron chi connectivity index (χ2n) is 7.16. The number of benzene rings is 3. The largest absolute Gasteiger partial charge is 0.449 e. The highest BCUT2D eigenvalue weighted by atomic mass is 16.5. The van der Waals surface area contributed by atoms with Gasteiger partial charge in [0.1, 0.15) is 0 Å². The van der Waals surface area contributed by atoms with Crippen LogP contribution in [0.15, 0.2) is 78.9 Å². The summed E-state index contributed by atoms with van der Waals surface area (Å²) in [6.45, 7) is 2.12.